The van der Waals surface area contributed by atoms with Gasteiger partial charge in [-0.05, 0) is 5.92 Å². The summed E-state index contributed by atoms with van der Waals surface area (Å²) in [5.74, 6) is 2.09. The van der Waals surface area contributed by atoms with Crippen LogP contribution < -0.4 is 0 Å². The van der Waals surface area contributed by atoms with E-state index in [2.05, 4.69) is 46.9 Å². The predicted octanol–water partition coefficient (Wildman–Crippen LogP) is 4.58. The predicted molar refractivity (Wildman–Crippen MR) is 62.3 cm³/mol. The summed E-state index contributed by atoms with van der Waals surface area (Å²) in [7, 11) is 0. The van der Waals surface area contributed by atoms with E-state index in [9.17, 15) is 0 Å². The van der Waals surface area contributed by atoms with Crippen LogP contribution in [0.4, 0.5) is 0 Å². The van der Waals surface area contributed by atoms with E-state index in [1.54, 1.807) is 0 Å². The molecule has 0 atom stereocenters. The molecule has 0 bridgehead atoms. The number of hydrogen-bond donors (Lipinski definition) is 0. The largest absolute Gasteiger partial charge is 0.504 e. The fourth-order valence-electron chi connectivity index (χ4n) is 0.658. The molecule has 0 fully saturated rings. The number of hydrogen-bond acceptors (Lipinski definition) is 0. The van der Waals surface area contributed by atoms with Gasteiger partial charge < -0.3 is 12.0 Å². The molecule has 84 valence electrons. The van der Waals surface area contributed by atoms with E-state index >= 15 is 0 Å². The van der Waals surface area contributed by atoms with Crippen molar-refractivity contribution in [2.45, 2.75) is 47.5 Å². The van der Waals surface area contributed by atoms with Crippen LogP contribution in [0.3, 0.4) is 0 Å². The van der Waals surface area contributed by atoms with Crippen LogP contribution in [-0.2, 0) is 65.4 Å². The van der Waals surface area contributed by atoms with E-state index in [1.807, 2.05) is 6.92 Å². The van der Waals surface area contributed by atoms with Gasteiger partial charge in [0.2, 0.25) is 0 Å². The minimum Gasteiger partial charge on any atom is -0.504 e. The van der Waals surface area contributed by atoms with Gasteiger partial charge in [-0.1, -0.05) is 20.8 Å². The molecule has 0 aromatic rings. The maximum Gasteiger partial charge on any atom is 0 e. The minimum absolute atomic E-state index is 0. The molecule has 0 unspecified atom stereocenters. The SMILES string of the molecule is C=C(C[C-](C)C)C(C)C.C=[C-]CC.[Y].[Y]. The second-order valence-electron chi connectivity index (χ2n) is 3.80. The Balaban J connectivity index is -0.0000000883. The molecule has 0 aromatic heterocycles. The van der Waals surface area contributed by atoms with Crippen LogP contribution >= 0.6 is 0 Å². The summed E-state index contributed by atoms with van der Waals surface area (Å²) in [6.45, 7) is 18.0. The summed E-state index contributed by atoms with van der Waals surface area (Å²) in [5, 5.41) is 0. The van der Waals surface area contributed by atoms with E-state index in [4.69, 9.17) is 0 Å². The molecule has 2 heteroatoms. The minimum atomic E-state index is 0. The van der Waals surface area contributed by atoms with Crippen LogP contribution in [0.2, 0.25) is 0 Å². The third-order valence-corrected chi connectivity index (χ3v) is 1.65. The molecule has 0 amide bonds. The second kappa shape index (κ2) is 18.1. The third-order valence-electron chi connectivity index (χ3n) is 1.65. The van der Waals surface area contributed by atoms with Crippen LogP contribution in [0, 0.1) is 17.9 Å². The van der Waals surface area contributed by atoms with Gasteiger partial charge in [-0.25, -0.2) is 0 Å². The zero-order valence-corrected chi connectivity index (χ0v) is 16.7. The molecule has 15 heavy (non-hydrogen) atoms. The quantitative estimate of drug-likeness (QED) is 0.510. The van der Waals surface area contributed by atoms with Gasteiger partial charge in [0.25, 0.3) is 0 Å². The van der Waals surface area contributed by atoms with Crippen molar-refractivity contribution in [2.24, 2.45) is 5.92 Å². The van der Waals surface area contributed by atoms with Gasteiger partial charge in [0.1, 0.15) is 0 Å². The molecule has 0 aliphatic rings. The van der Waals surface area contributed by atoms with Gasteiger partial charge in [0, 0.05) is 65.4 Å². The Morgan fingerprint density at radius 3 is 1.67 bits per heavy atom. The Hall–Kier alpha value is 1.69. The van der Waals surface area contributed by atoms with Gasteiger partial charge >= 0.3 is 0 Å². The summed E-state index contributed by atoms with van der Waals surface area (Å²) in [6.07, 6.45) is 4.73. The first kappa shape index (κ1) is 25.5. The second-order valence-corrected chi connectivity index (χ2v) is 3.80. The molecule has 0 N–H and O–H groups in total. The van der Waals surface area contributed by atoms with Crippen LogP contribution in [-0.4, -0.2) is 0 Å². The van der Waals surface area contributed by atoms with E-state index in [0.29, 0.717) is 5.92 Å². The van der Waals surface area contributed by atoms with Crippen molar-refractivity contribution in [3.8, 4) is 0 Å². The molecule has 2 radical (unpaired) electrons. The Labute approximate surface area is 148 Å². The molecule has 0 saturated carbocycles. The van der Waals surface area contributed by atoms with E-state index in [0.717, 1.165) is 12.8 Å². The average molecular weight is 358 g/mol. The smallest absolute Gasteiger partial charge is 0 e. The van der Waals surface area contributed by atoms with Crippen molar-refractivity contribution in [3.63, 3.8) is 0 Å². The number of rotatable bonds is 4. The summed E-state index contributed by atoms with van der Waals surface area (Å²) in [4.78, 5) is 0. The summed E-state index contributed by atoms with van der Waals surface area (Å²) in [5.41, 5.74) is 1.34. The molecule has 0 nitrogen and oxygen atoms in total. The maximum atomic E-state index is 3.97. The van der Waals surface area contributed by atoms with E-state index in [-0.39, 0.29) is 65.4 Å². The molecule has 0 heterocycles. The normalized spacial score (nSPS) is 8.20. The molecule has 0 aliphatic carbocycles. The summed E-state index contributed by atoms with van der Waals surface area (Å²) < 4.78 is 0. The first-order chi connectivity index (χ1) is 5.95. The van der Waals surface area contributed by atoms with Crippen molar-refractivity contribution in [2.75, 3.05) is 0 Å². The summed E-state index contributed by atoms with van der Waals surface area (Å²) >= 11 is 0. The fourth-order valence-corrected chi connectivity index (χ4v) is 0.658. The summed E-state index contributed by atoms with van der Waals surface area (Å²) in [6, 6.07) is 0. The van der Waals surface area contributed by atoms with Gasteiger partial charge in [-0.2, -0.15) is 26.7 Å². The maximum absolute atomic E-state index is 3.97. The molecule has 0 aromatic carbocycles. The number of allylic oxidation sites excluding steroid dienone is 2. The first-order valence-corrected chi connectivity index (χ1v) is 4.92. The Morgan fingerprint density at radius 1 is 1.27 bits per heavy atom. The van der Waals surface area contributed by atoms with Crippen LogP contribution in [0.15, 0.2) is 18.7 Å². The average Bonchev–Trinajstić information content (AvgIpc) is 2.03. The van der Waals surface area contributed by atoms with Crippen molar-refractivity contribution in [3.05, 3.63) is 30.7 Å². The zero-order valence-electron chi connectivity index (χ0n) is 11.1. The van der Waals surface area contributed by atoms with Crippen LogP contribution in [0.1, 0.15) is 47.5 Å². The third kappa shape index (κ3) is 25.7. The molecular weight excluding hydrogens is 334 g/mol. The van der Waals surface area contributed by atoms with Crippen molar-refractivity contribution in [1.29, 1.82) is 0 Å². The van der Waals surface area contributed by atoms with E-state index in [1.165, 1.54) is 11.5 Å². The monoisotopic (exact) mass is 358 g/mol. The molecule has 0 spiro atoms. The first-order valence-electron chi connectivity index (χ1n) is 4.92. The van der Waals surface area contributed by atoms with Crippen molar-refractivity contribution < 1.29 is 65.4 Å². The van der Waals surface area contributed by atoms with Crippen LogP contribution in [0.5, 0.6) is 0 Å². The molecule has 0 saturated heterocycles. The molecular formula is C13H24Y2-2. The fraction of sp³-hybridized carbons (Fsp3) is 0.615. The van der Waals surface area contributed by atoms with E-state index < -0.39 is 0 Å². The van der Waals surface area contributed by atoms with Gasteiger partial charge in [-0.3, -0.25) is 6.58 Å². The molecule has 0 rings (SSSR count). The molecule has 0 aliphatic heterocycles. The topological polar surface area (TPSA) is 0 Å². The standard InChI is InChI=1S/C9H17.C4H7.2Y/c1-7(2)6-9(5)8(3)4;1-3-4-2;;/h8H,5-6H2,1-4H3;1,4H2,2H3;;/q2*-1;;. The van der Waals surface area contributed by atoms with Crippen LogP contribution in [0.25, 0.3) is 0 Å². The van der Waals surface area contributed by atoms with Gasteiger partial charge in [-0.15, -0.1) is 12.2 Å². The zero-order chi connectivity index (χ0) is 10.9. The van der Waals surface area contributed by atoms with Gasteiger partial charge in [0.05, 0.1) is 0 Å². The van der Waals surface area contributed by atoms with Crippen molar-refractivity contribution in [1.82, 2.24) is 0 Å². The van der Waals surface area contributed by atoms with Gasteiger partial charge in [0.15, 0.2) is 0 Å². The Kier molecular flexibility index (Phi) is 30.7. The van der Waals surface area contributed by atoms with Crippen molar-refractivity contribution >= 4 is 0 Å². The Morgan fingerprint density at radius 2 is 1.60 bits per heavy atom. The Bertz CT molecular complexity index is 137.